The summed E-state index contributed by atoms with van der Waals surface area (Å²) < 4.78 is 38.5. The smallest absolute Gasteiger partial charge is 0.314 e. The van der Waals surface area contributed by atoms with Gasteiger partial charge in [-0.2, -0.15) is 13.2 Å². The van der Waals surface area contributed by atoms with Crippen LogP contribution in [0.4, 0.5) is 13.2 Å². The summed E-state index contributed by atoms with van der Waals surface area (Å²) in [6.07, 6.45) is -4.41. The SMILES string of the molecule is C[C@@H](c1ccc(Cl)c(C(F)(F)F)c1)N1CCNCC1.Cl. The number of nitrogens with one attached hydrogen (secondary N) is 1. The monoisotopic (exact) mass is 328 g/mol. The molecule has 1 heterocycles. The highest BCUT2D eigenvalue weighted by Crippen LogP contribution is 2.36. The van der Waals surface area contributed by atoms with Crippen LogP contribution >= 0.6 is 24.0 Å². The first-order chi connectivity index (χ1) is 8.89. The fourth-order valence-corrected chi connectivity index (χ4v) is 2.52. The first-order valence-electron chi connectivity index (χ1n) is 6.21. The standard InChI is InChI=1S/C13H16ClF3N2.ClH/c1-9(19-6-4-18-5-7-19)10-2-3-12(14)11(8-10)13(15,16)17;/h2-3,8-9,18H,4-7H2,1H3;1H/t9-;/m0./s1. The van der Waals surface area contributed by atoms with Crippen LogP contribution in [0.1, 0.15) is 24.1 Å². The Labute approximate surface area is 127 Å². The summed E-state index contributed by atoms with van der Waals surface area (Å²) in [6.45, 7) is 5.33. The number of piperazine rings is 1. The van der Waals surface area contributed by atoms with Gasteiger partial charge in [-0.1, -0.05) is 17.7 Å². The van der Waals surface area contributed by atoms with Crippen LogP contribution in [0.25, 0.3) is 0 Å². The summed E-state index contributed by atoms with van der Waals surface area (Å²) in [4.78, 5) is 2.17. The van der Waals surface area contributed by atoms with Gasteiger partial charge in [-0.3, -0.25) is 4.90 Å². The molecule has 0 aliphatic carbocycles. The van der Waals surface area contributed by atoms with E-state index in [0.29, 0.717) is 5.56 Å². The van der Waals surface area contributed by atoms with Crippen LogP contribution in [-0.2, 0) is 6.18 Å². The van der Waals surface area contributed by atoms with E-state index in [0.717, 1.165) is 32.2 Å². The molecule has 2 rings (SSSR count). The molecule has 1 aliphatic heterocycles. The second-order valence-electron chi connectivity index (χ2n) is 4.70. The number of hydrogen-bond acceptors (Lipinski definition) is 2. The first kappa shape index (κ1) is 17.6. The second kappa shape index (κ2) is 6.98. The van der Waals surface area contributed by atoms with E-state index in [-0.39, 0.29) is 23.5 Å². The van der Waals surface area contributed by atoms with Crippen LogP contribution in [-0.4, -0.2) is 31.1 Å². The van der Waals surface area contributed by atoms with Crippen LogP contribution in [0, 0.1) is 0 Å². The van der Waals surface area contributed by atoms with Crippen molar-refractivity contribution in [2.75, 3.05) is 26.2 Å². The van der Waals surface area contributed by atoms with Gasteiger partial charge in [0, 0.05) is 32.2 Å². The number of alkyl halides is 3. The molecule has 0 spiro atoms. The maximum absolute atomic E-state index is 12.8. The van der Waals surface area contributed by atoms with Crippen LogP contribution < -0.4 is 5.32 Å². The third-order valence-corrected chi connectivity index (χ3v) is 3.81. The lowest BCUT2D eigenvalue weighted by molar-refractivity contribution is -0.137. The highest BCUT2D eigenvalue weighted by atomic mass is 35.5. The minimum absolute atomic E-state index is 0. The maximum Gasteiger partial charge on any atom is 0.417 e. The number of hydrogen-bond donors (Lipinski definition) is 1. The largest absolute Gasteiger partial charge is 0.417 e. The van der Waals surface area contributed by atoms with Crippen molar-refractivity contribution in [1.29, 1.82) is 0 Å². The zero-order chi connectivity index (χ0) is 14.0. The molecule has 0 radical (unpaired) electrons. The molecule has 1 aromatic carbocycles. The molecule has 7 heteroatoms. The van der Waals surface area contributed by atoms with Gasteiger partial charge < -0.3 is 5.32 Å². The number of nitrogens with zero attached hydrogens (tertiary/aromatic N) is 1. The van der Waals surface area contributed by atoms with E-state index in [1.54, 1.807) is 6.07 Å². The fraction of sp³-hybridized carbons (Fsp3) is 0.538. The molecular weight excluding hydrogens is 312 g/mol. The van der Waals surface area contributed by atoms with Crippen molar-refractivity contribution in [2.24, 2.45) is 0 Å². The average Bonchev–Trinajstić information content (AvgIpc) is 2.38. The average molecular weight is 329 g/mol. The molecule has 1 N–H and O–H groups in total. The van der Waals surface area contributed by atoms with Crippen molar-refractivity contribution in [3.05, 3.63) is 34.3 Å². The number of rotatable bonds is 2. The van der Waals surface area contributed by atoms with E-state index in [1.165, 1.54) is 6.07 Å². The Morgan fingerprint density at radius 2 is 1.85 bits per heavy atom. The normalized spacial score (nSPS) is 18.4. The van der Waals surface area contributed by atoms with Gasteiger partial charge >= 0.3 is 6.18 Å². The van der Waals surface area contributed by atoms with E-state index >= 15 is 0 Å². The van der Waals surface area contributed by atoms with Gasteiger partial charge in [0.25, 0.3) is 0 Å². The molecule has 20 heavy (non-hydrogen) atoms. The fourth-order valence-electron chi connectivity index (χ4n) is 2.30. The molecule has 1 aliphatic rings. The Hall–Kier alpha value is -0.490. The predicted octanol–water partition coefficient (Wildman–Crippen LogP) is 3.75. The molecule has 0 amide bonds. The topological polar surface area (TPSA) is 15.3 Å². The highest BCUT2D eigenvalue weighted by molar-refractivity contribution is 6.31. The predicted molar refractivity (Wildman–Crippen MR) is 76.6 cm³/mol. The van der Waals surface area contributed by atoms with Crippen LogP contribution in [0.2, 0.25) is 5.02 Å². The zero-order valence-corrected chi connectivity index (χ0v) is 12.6. The van der Waals surface area contributed by atoms with Crippen molar-refractivity contribution in [1.82, 2.24) is 10.2 Å². The second-order valence-corrected chi connectivity index (χ2v) is 5.11. The van der Waals surface area contributed by atoms with Crippen LogP contribution in [0.5, 0.6) is 0 Å². The van der Waals surface area contributed by atoms with Crippen LogP contribution in [0.15, 0.2) is 18.2 Å². The molecule has 1 fully saturated rings. The van der Waals surface area contributed by atoms with E-state index in [1.807, 2.05) is 6.92 Å². The molecule has 0 aromatic heterocycles. The molecule has 1 atom stereocenters. The third-order valence-electron chi connectivity index (χ3n) is 3.48. The minimum atomic E-state index is -4.41. The van der Waals surface area contributed by atoms with Gasteiger partial charge in [-0.15, -0.1) is 12.4 Å². The van der Waals surface area contributed by atoms with Crippen molar-refractivity contribution in [3.8, 4) is 0 Å². The van der Waals surface area contributed by atoms with E-state index in [4.69, 9.17) is 11.6 Å². The van der Waals surface area contributed by atoms with Gasteiger partial charge in [0.2, 0.25) is 0 Å². The summed E-state index contributed by atoms with van der Waals surface area (Å²) in [5.41, 5.74) is -0.104. The molecule has 1 saturated heterocycles. The highest BCUT2D eigenvalue weighted by Gasteiger charge is 2.34. The summed E-state index contributed by atoms with van der Waals surface area (Å²) in [7, 11) is 0. The Morgan fingerprint density at radius 1 is 1.25 bits per heavy atom. The number of benzene rings is 1. The van der Waals surface area contributed by atoms with E-state index < -0.39 is 11.7 Å². The lowest BCUT2D eigenvalue weighted by Gasteiger charge is -2.33. The molecule has 0 bridgehead atoms. The Kier molecular flexibility index (Phi) is 6.13. The maximum atomic E-state index is 12.8. The Balaban J connectivity index is 0.00000200. The van der Waals surface area contributed by atoms with Crippen molar-refractivity contribution in [2.45, 2.75) is 19.1 Å². The lowest BCUT2D eigenvalue weighted by Crippen LogP contribution is -2.44. The van der Waals surface area contributed by atoms with Crippen molar-refractivity contribution >= 4 is 24.0 Å². The van der Waals surface area contributed by atoms with Gasteiger partial charge in [-0.05, 0) is 24.6 Å². The summed E-state index contributed by atoms with van der Waals surface area (Å²) in [5.74, 6) is 0. The molecule has 0 unspecified atom stereocenters. The lowest BCUT2D eigenvalue weighted by atomic mass is 10.0. The molecule has 1 aromatic rings. The Morgan fingerprint density at radius 3 is 2.40 bits per heavy atom. The van der Waals surface area contributed by atoms with Gasteiger partial charge in [0.15, 0.2) is 0 Å². The molecule has 0 saturated carbocycles. The molecular formula is C13H17Cl2F3N2. The number of halogens is 5. The quantitative estimate of drug-likeness (QED) is 0.889. The molecule has 114 valence electrons. The van der Waals surface area contributed by atoms with Gasteiger partial charge in [0.1, 0.15) is 0 Å². The third kappa shape index (κ3) is 4.01. The Bertz CT molecular complexity index is 446. The van der Waals surface area contributed by atoms with E-state index in [9.17, 15) is 13.2 Å². The first-order valence-corrected chi connectivity index (χ1v) is 6.59. The molecule has 2 nitrogen and oxygen atoms in total. The summed E-state index contributed by atoms with van der Waals surface area (Å²) in [6, 6.07) is 4.12. The van der Waals surface area contributed by atoms with Gasteiger partial charge in [0.05, 0.1) is 10.6 Å². The minimum Gasteiger partial charge on any atom is -0.314 e. The summed E-state index contributed by atoms with van der Waals surface area (Å²) in [5, 5.41) is 2.98. The van der Waals surface area contributed by atoms with Gasteiger partial charge in [-0.25, -0.2) is 0 Å². The van der Waals surface area contributed by atoms with E-state index in [2.05, 4.69) is 10.2 Å². The summed E-state index contributed by atoms with van der Waals surface area (Å²) >= 11 is 5.63. The van der Waals surface area contributed by atoms with Crippen molar-refractivity contribution < 1.29 is 13.2 Å². The zero-order valence-electron chi connectivity index (χ0n) is 11.0. The van der Waals surface area contributed by atoms with Crippen LogP contribution in [0.3, 0.4) is 0 Å². The van der Waals surface area contributed by atoms with Crippen molar-refractivity contribution in [3.63, 3.8) is 0 Å².